The molecular weight excluding hydrogens is 172 g/mol. The van der Waals surface area contributed by atoms with Crippen molar-refractivity contribution in [2.45, 2.75) is 19.3 Å². The van der Waals surface area contributed by atoms with E-state index >= 15 is 0 Å². The summed E-state index contributed by atoms with van der Waals surface area (Å²) in [6.45, 7) is 3.25. The first-order chi connectivity index (χ1) is 5.97. The van der Waals surface area contributed by atoms with Crippen LogP contribution in [0, 0.1) is 11.3 Å². The van der Waals surface area contributed by atoms with Gasteiger partial charge in [-0.2, -0.15) is 5.26 Å². The van der Waals surface area contributed by atoms with Gasteiger partial charge in [-0.05, 0) is 13.8 Å². The molecule has 68 valence electrons. The molecule has 0 radical (unpaired) electrons. The van der Waals surface area contributed by atoms with Crippen LogP contribution in [0.1, 0.15) is 30.1 Å². The van der Waals surface area contributed by atoms with Gasteiger partial charge >= 0.3 is 5.97 Å². The Morgan fingerprint density at radius 3 is 2.77 bits per heavy atom. The van der Waals surface area contributed by atoms with Gasteiger partial charge in [0, 0.05) is 6.07 Å². The zero-order chi connectivity index (χ0) is 10.1. The molecule has 1 aromatic heterocycles. The lowest BCUT2D eigenvalue weighted by Gasteiger charge is -2.08. The molecule has 0 aromatic carbocycles. The average molecular weight is 180 g/mol. The van der Waals surface area contributed by atoms with E-state index < -0.39 is 11.4 Å². The lowest BCUT2D eigenvalue weighted by Crippen LogP contribution is -2.12. The van der Waals surface area contributed by atoms with E-state index in [-0.39, 0.29) is 11.5 Å². The Morgan fingerprint density at radius 1 is 1.77 bits per heavy atom. The number of aromatic carboxylic acids is 1. The van der Waals surface area contributed by atoms with E-state index in [2.05, 4.69) is 5.16 Å². The van der Waals surface area contributed by atoms with Crippen LogP contribution < -0.4 is 0 Å². The first-order valence-electron chi connectivity index (χ1n) is 3.59. The maximum atomic E-state index is 10.4. The van der Waals surface area contributed by atoms with E-state index in [0.717, 1.165) is 0 Å². The van der Waals surface area contributed by atoms with Crippen LogP contribution in [0.5, 0.6) is 0 Å². The van der Waals surface area contributed by atoms with Gasteiger partial charge in [0.25, 0.3) is 0 Å². The fourth-order valence-electron chi connectivity index (χ4n) is 0.726. The van der Waals surface area contributed by atoms with Gasteiger partial charge in [-0.1, -0.05) is 5.16 Å². The van der Waals surface area contributed by atoms with Crippen molar-refractivity contribution in [2.75, 3.05) is 0 Å². The summed E-state index contributed by atoms with van der Waals surface area (Å²) in [6.07, 6.45) is 0. The van der Waals surface area contributed by atoms with Crippen LogP contribution >= 0.6 is 0 Å². The van der Waals surface area contributed by atoms with Crippen LogP contribution in [-0.2, 0) is 5.41 Å². The van der Waals surface area contributed by atoms with Gasteiger partial charge in [-0.15, -0.1) is 0 Å². The average Bonchev–Trinajstić information content (AvgIpc) is 2.52. The molecule has 0 bridgehead atoms. The Hall–Kier alpha value is -1.83. The number of aromatic nitrogens is 1. The second-order valence-electron chi connectivity index (χ2n) is 3.12. The van der Waals surface area contributed by atoms with Gasteiger partial charge in [0.2, 0.25) is 0 Å². The van der Waals surface area contributed by atoms with Crippen molar-refractivity contribution in [1.82, 2.24) is 5.16 Å². The molecule has 5 nitrogen and oxygen atoms in total. The highest BCUT2D eigenvalue weighted by Crippen LogP contribution is 2.22. The van der Waals surface area contributed by atoms with Crippen LogP contribution in [0.15, 0.2) is 10.6 Å². The lowest BCUT2D eigenvalue weighted by atomic mass is 9.92. The summed E-state index contributed by atoms with van der Waals surface area (Å²) >= 11 is 0. The summed E-state index contributed by atoms with van der Waals surface area (Å²) < 4.78 is 4.73. The quantitative estimate of drug-likeness (QED) is 0.738. The Labute approximate surface area is 74.6 Å². The topological polar surface area (TPSA) is 87.1 Å². The Morgan fingerprint density at radius 2 is 2.38 bits per heavy atom. The molecule has 0 aliphatic carbocycles. The normalized spacial score (nSPS) is 10.8. The second kappa shape index (κ2) is 2.90. The zero-order valence-corrected chi connectivity index (χ0v) is 7.24. The van der Waals surface area contributed by atoms with Crippen LogP contribution in [-0.4, -0.2) is 16.2 Å². The molecule has 1 N–H and O–H groups in total. The van der Waals surface area contributed by atoms with E-state index in [0.29, 0.717) is 0 Å². The maximum absolute atomic E-state index is 10.4. The zero-order valence-electron chi connectivity index (χ0n) is 7.24. The molecule has 0 spiro atoms. The Bertz CT molecular complexity index is 373. The summed E-state index contributed by atoms with van der Waals surface area (Å²) in [7, 11) is 0. The van der Waals surface area contributed by atoms with Crippen LogP contribution in [0.3, 0.4) is 0 Å². The van der Waals surface area contributed by atoms with Crippen LogP contribution in [0.25, 0.3) is 0 Å². The van der Waals surface area contributed by atoms with Crippen LogP contribution in [0.2, 0.25) is 0 Å². The SMILES string of the molecule is CC(C)(C#N)c1cc(C(=O)O)no1. The van der Waals surface area contributed by atoms with Crippen molar-refractivity contribution in [3.05, 3.63) is 17.5 Å². The number of nitriles is 1. The molecule has 0 saturated carbocycles. The van der Waals surface area contributed by atoms with Crippen molar-refractivity contribution in [3.8, 4) is 6.07 Å². The fourth-order valence-corrected chi connectivity index (χ4v) is 0.726. The number of nitrogens with zero attached hydrogens (tertiary/aromatic N) is 2. The van der Waals surface area contributed by atoms with Crippen LogP contribution in [0.4, 0.5) is 0 Å². The third kappa shape index (κ3) is 1.67. The summed E-state index contributed by atoms with van der Waals surface area (Å²) in [5.41, 5.74) is -1.03. The van der Waals surface area contributed by atoms with Gasteiger partial charge in [-0.25, -0.2) is 4.79 Å². The minimum absolute atomic E-state index is 0.182. The molecule has 13 heavy (non-hydrogen) atoms. The summed E-state index contributed by atoms with van der Waals surface area (Å²) in [6, 6.07) is 3.24. The number of rotatable bonds is 2. The van der Waals surface area contributed by atoms with Crippen molar-refractivity contribution in [3.63, 3.8) is 0 Å². The molecule has 0 aliphatic heterocycles. The third-order valence-electron chi connectivity index (χ3n) is 1.62. The molecule has 1 heterocycles. The molecule has 0 amide bonds. The number of hydrogen-bond donors (Lipinski definition) is 1. The highest BCUT2D eigenvalue weighted by Gasteiger charge is 2.26. The second-order valence-corrected chi connectivity index (χ2v) is 3.12. The summed E-state index contributed by atoms with van der Waals surface area (Å²) in [5.74, 6) is -0.906. The number of carboxylic acids is 1. The molecule has 1 rings (SSSR count). The fraction of sp³-hybridized carbons (Fsp3) is 0.375. The minimum Gasteiger partial charge on any atom is -0.476 e. The lowest BCUT2D eigenvalue weighted by molar-refractivity contribution is 0.0685. The molecule has 0 unspecified atom stereocenters. The van der Waals surface area contributed by atoms with E-state index in [1.54, 1.807) is 13.8 Å². The van der Waals surface area contributed by atoms with Gasteiger partial charge in [-0.3, -0.25) is 0 Å². The predicted octanol–water partition coefficient (Wildman–Crippen LogP) is 1.17. The smallest absolute Gasteiger partial charge is 0.358 e. The van der Waals surface area contributed by atoms with Gasteiger partial charge in [0.05, 0.1) is 6.07 Å². The van der Waals surface area contributed by atoms with E-state index in [9.17, 15) is 4.79 Å². The molecule has 0 aliphatic rings. The predicted molar refractivity (Wildman–Crippen MR) is 42.1 cm³/mol. The minimum atomic E-state index is -1.16. The largest absolute Gasteiger partial charge is 0.476 e. The first-order valence-corrected chi connectivity index (χ1v) is 3.59. The van der Waals surface area contributed by atoms with Crippen molar-refractivity contribution in [1.29, 1.82) is 5.26 Å². The summed E-state index contributed by atoms with van der Waals surface area (Å²) in [4.78, 5) is 10.4. The monoisotopic (exact) mass is 180 g/mol. The Kier molecular flexibility index (Phi) is 2.07. The third-order valence-corrected chi connectivity index (χ3v) is 1.62. The van der Waals surface area contributed by atoms with Crippen molar-refractivity contribution >= 4 is 5.97 Å². The molecular formula is C8H8N2O3. The Balaban J connectivity index is 3.07. The van der Waals surface area contributed by atoms with E-state index in [1.807, 2.05) is 6.07 Å². The molecule has 0 atom stereocenters. The highest BCUT2D eigenvalue weighted by atomic mass is 16.5. The van der Waals surface area contributed by atoms with Crippen molar-refractivity contribution in [2.24, 2.45) is 0 Å². The number of hydrogen-bond acceptors (Lipinski definition) is 4. The van der Waals surface area contributed by atoms with Gasteiger partial charge in [0.15, 0.2) is 11.5 Å². The standard InChI is InChI=1S/C8H8N2O3/c1-8(2,4-9)6-3-5(7(11)12)10-13-6/h3H,1-2H3,(H,11,12). The number of carbonyl (C=O) groups is 1. The first kappa shape index (κ1) is 9.26. The molecule has 0 saturated heterocycles. The number of carboxylic acid groups (broad SMARTS) is 1. The van der Waals surface area contributed by atoms with E-state index in [4.69, 9.17) is 14.9 Å². The summed E-state index contributed by atoms with van der Waals surface area (Å²) in [5, 5.41) is 20.5. The van der Waals surface area contributed by atoms with Gasteiger partial charge < -0.3 is 9.63 Å². The maximum Gasteiger partial charge on any atom is 0.358 e. The molecule has 0 fully saturated rings. The highest BCUT2D eigenvalue weighted by molar-refractivity contribution is 5.85. The van der Waals surface area contributed by atoms with Crippen molar-refractivity contribution < 1.29 is 14.4 Å². The molecule has 1 aromatic rings. The van der Waals surface area contributed by atoms with E-state index in [1.165, 1.54) is 6.07 Å². The molecule has 5 heteroatoms. The van der Waals surface area contributed by atoms with Gasteiger partial charge in [0.1, 0.15) is 5.41 Å².